The molecule has 1 fully saturated rings. The van der Waals surface area contributed by atoms with Crippen LogP contribution in [0.3, 0.4) is 0 Å². The first-order valence-electron chi connectivity index (χ1n) is 9.46. The highest BCUT2D eigenvalue weighted by Crippen LogP contribution is 2.23. The minimum absolute atomic E-state index is 0.345. The molecule has 9 heteroatoms. The van der Waals surface area contributed by atoms with E-state index in [1.165, 1.54) is 6.07 Å². The molecule has 29 heavy (non-hydrogen) atoms. The maximum atomic E-state index is 14.2. The van der Waals surface area contributed by atoms with Gasteiger partial charge in [-0.1, -0.05) is 12.1 Å². The molecule has 0 radical (unpaired) electrons. The first-order valence-corrected chi connectivity index (χ1v) is 9.46. The largest absolute Gasteiger partial charge is 0.353 e. The summed E-state index contributed by atoms with van der Waals surface area (Å²) in [5.74, 6) is 2.58. The van der Waals surface area contributed by atoms with E-state index in [-0.39, 0.29) is 5.82 Å². The van der Waals surface area contributed by atoms with Crippen LogP contribution in [0.2, 0.25) is 0 Å². The number of hydrogen-bond donors (Lipinski definition) is 0. The second-order valence-electron chi connectivity index (χ2n) is 6.90. The van der Waals surface area contributed by atoms with E-state index in [1.54, 1.807) is 28.9 Å². The van der Waals surface area contributed by atoms with E-state index < -0.39 is 0 Å². The average molecular weight is 390 g/mol. The Bertz CT molecular complexity index is 1170. The third-order valence-electron chi connectivity index (χ3n) is 5.05. The quantitative estimate of drug-likeness (QED) is 0.532. The zero-order valence-electron chi connectivity index (χ0n) is 15.9. The van der Waals surface area contributed by atoms with Crippen LogP contribution in [-0.2, 0) is 0 Å². The van der Waals surface area contributed by atoms with E-state index in [0.717, 1.165) is 43.6 Å². The van der Waals surface area contributed by atoms with Crippen LogP contribution in [0, 0.1) is 12.7 Å². The molecule has 0 atom stereocenters. The van der Waals surface area contributed by atoms with Gasteiger partial charge in [0.1, 0.15) is 23.3 Å². The van der Waals surface area contributed by atoms with Crippen molar-refractivity contribution in [2.24, 2.45) is 0 Å². The maximum absolute atomic E-state index is 14.2. The molecule has 1 aliphatic rings. The number of nitrogens with zero attached hydrogens (tertiary/aromatic N) is 8. The molecule has 0 amide bonds. The molecule has 5 rings (SSSR count). The molecule has 0 unspecified atom stereocenters. The number of halogens is 1. The van der Waals surface area contributed by atoms with Crippen molar-refractivity contribution in [2.45, 2.75) is 6.92 Å². The predicted octanol–water partition coefficient (Wildman–Crippen LogP) is 2.36. The van der Waals surface area contributed by atoms with Gasteiger partial charge in [0.15, 0.2) is 11.5 Å². The van der Waals surface area contributed by atoms with Gasteiger partial charge in [-0.3, -0.25) is 0 Å². The molecule has 1 aliphatic heterocycles. The molecule has 1 aromatic carbocycles. The summed E-state index contributed by atoms with van der Waals surface area (Å²) in [4.78, 5) is 13.1. The molecule has 3 aromatic heterocycles. The molecule has 0 bridgehead atoms. The number of benzene rings is 1. The number of hydrogen-bond acceptors (Lipinski definition) is 7. The Hall–Kier alpha value is -3.62. The van der Waals surface area contributed by atoms with Gasteiger partial charge in [0.05, 0.1) is 5.56 Å². The fourth-order valence-electron chi connectivity index (χ4n) is 3.54. The van der Waals surface area contributed by atoms with Crippen LogP contribution in [-0.4, -0.2) is 56.0 Å². The standard InChI is InChI=1S/C20H19FN8/c1-14-22-9-8-17(23-14)27-10-12-28(13-11-27)19-7-6-18-24-25-20(29(18)26-19)15-4-2-3-5-16(15)21/h2-9H,10-13H2,1H3. The van der Waals surface area contributed by atoms with Crippen LogP contribution < -0.4 is 9.80 Å². The van der Waals surface area contributed by atoms with Crippen LogP contribution in [0.1, 0.15) is 5.82 Å². The maximum Gasteiger partial charge on any atom is 0.188 e. The Morgan fingerprint density at radius 3 is 2.38 bits per heavy atom. The summed E-state index contributed by atoms with van der Waals surface area (Å²) < 4.78 is 15.8. The van der Waals surface area contributed by atoms with Crippen molar-refractivity contribution in [3.8, 4) is 11.4 Å². The lowest BCUT2D eigenvalue weighted by atomic mass is 10.2. The minimum Gasteiger partial charge on any atom is -0.353 e. The summed E-state index contributed by atoms with van der Waals surface area (Å²) in [7, 11) is 0. The summed E-state index contributed by atoms with van der Waals surface area (Å²) in [6.07, 6.45) is 1.79. The van der Waals surface area contributed by atoms with Crippen LogP contribution in [0.15, 0.2) is 48.7 Å². The van der Waals surface area contributed by atoms with E-state index in [4.69, 9.17) is 5.10 Å². The van der Waals surface area contributed by atoms with Crippen molar-refractivity contribution >= 4 is 17.3 Å². The fourth-order valence-corrected chi connectivity index (χ4v) is 3.54. The summed E-state index contributed by atoms with van der Waals surface area (Å²) in [5.41, 5.74) is 0.968. The zero-order valence-corrected chi connectivity index (χ0v) is 15.9. The molecule has 0 N–H and O–H groups in total. The van der Waals surface area contributed by atoms with Crippen molar-refractivity contribution in [3.63, 3.8) is 0 Å². The molecule has 8 nitrogen and oxygen atoms in total. The number of rotatable bonds is 3. The molecule has 0 aliphatic carbocycles. The summed E-state index contributed by atoms with van der Waals surface area (Å²) in [5, 5.41) is 13.0. The van der Waals surface area contributed by atoms with Gasteiger partial charge in [-0.2, -0.15) is 4.52 Å². The van der Waals surface area contributed by atoms with Crippen molar-refractivity contribution in [1.29, 1.82) is 0 Å². The molecule has 0 spiro atoms. The second-order valence-corrected chi connectivity index (χ2v) is 6.90. The van der Waals surface area contributed by atoms with Crippen molar-refractivity contribution in [2.75, 3.05) is 36.0 Å². The Morgan fingerprint density at radius 2 is 1.62 bits per heavy atom. The van der Waals surface area contributed by atoms with Crippen molar-refractivity contribution < 1.29 is 4.39 Å². The third-order valence-corrected chi connectivity index (χ3v) is 5.05. The van der Waals surface area contributed by atoms with Crippen LogP contribution in [0.5, 0.6) is 0 Å². The highest BCUT2D eigenvalue weighted by atomic mass is 19.1. The van der Waals surface area contributed by atoms with E-state index >= 15 is 0 Å². The number of anilines is 2. The predicted molar refractivity (Wildman–Crippen MR) is 107 cm³/mol. The number of fused-ring (bicyclic) bond motifs is 1. The Morgan fingerprint density at radius 1 is 0.862 bits per heavy atom. The van der Waals surface area contributed by atoms with Crippen molar-refractivity contribution in [3.05, 3.63) is 60.3 Å². The van der Waals surface area contributed by atoms with Gasteiger partial charge in [-0.15, -0.1) is 15.3 Å². The molecule has 4 heterocycles. The summed E-state index contributed by atoms with van der Waals surface area (Å²) in [6.45, 7) is 5.17. The van der Waals surface area contributed by atoms with E-state index in [2.05, 4.69) is 30.0 Å². The smallest absolute Gasteiger partial charge is 0.188 e. The van der Waals surface area contributed by atoms with Crippen molar-refractivity contribution in [1.82, 2.24) is 29.8 Å². The number of aromatic nitrogens is 6. The van der Waals surface area contributed by atoms with Gasteiger partial charge in [-0.25, -0.2) is 14.4 Å². The third kappa shape index (κ3) is 3.24. The van der Waals surface area contributed by atoms with Gasteiger partial charge in [0, 0.05) is 32.4 Å². The van der Waals surface area contributed by atoms with Crippen LogP contribution >= 0.6 is 0 Å². The lowest BCUT2D eigenvalue weighted by molar-refractivity contribution is 0.627. The molecule has 1 saturated heterocycles. The summed E-state index contributed by atoms with van der Waals surface area (Å²) >= 11 is 0. The lowest BCUT2D eigenvalue weighted by Gasteiger charge is -2.35. The van der Waals surface area contributed by atoms with Gasteiger partial charge in [0.2, 0.25) is 0 Å². The lowest BCUT2D eigenvalue weighted by Crippen LogP contribution is -2.47. The fraction of sp³-hybridized carbons (Fsp3) is 0.250. The molecule has 146 valence electrons. The van der Waals surface area contributed by atoms with Gasteiger partial charge < -0.3 is 9.80 Å². The number of piperazine rings is 1. The summed E-state index contributed by atoms with van der Waals surface area (Å²) in [6, 6.07) is 12.2. The molecule has 4 aromatic rings. The Balaban J connectivity index is 1.40. The minimum atomic E-state index is -0.345. The molecule has 0 saturated carbocycles. The first-order chi connectivity index (χ1) is 14.2. The van der Waals surface area contributed by atoms with Crippen LogP contribution in [0.25, 0.3) is 17.0 Å². The Labute approximate surface area is 166 Å². The topological polar surface area (TPSA) is 75.3 Å². The zero-order chi connectivity index (χ0) is 19.8. The van der Waals surface area contributed by atoms with Gasteiger partial charge >= 0.3 is 0 Å². The first kappa shape index (κ1) is 17.5. The van der Waals surface area contributed by atoms with Gasteiger partial charge in [-0.05, 0) is 37.3 Å². The average Bonchev–Trinajstić information content (AvgIpc) is 3.17. The SMILES string of the molecule is Cc1nccc(N2CCN(c3ccc4nnc(-c5ccccc5F)n4n3)CC2)n1. The highest BCUT2D eigenvalue weighted by molar-refractivity contribution is 5.60. The Kier molecular flexibility index (Phi) is 4.27. The van der Waals surface area contributed by atoms with E-state index in [1.807, 2.05) is 25.1 Å². The molecular formula is C20H19FN8. The number of aryl methyl sites for hydroxylation is 1. The highest BCUT2D eigenvalue weighted by Gasteiger charge is 2.21. The molecular weight excluding hydrogens is 371 g/mol. The van der Waals surface area contributed by atoms with Crippen LogP contribution in [0.4, 0.5) is 16.0 Å². The monoisotopic (exact) mass is 390 g/mol. The van der Waals surface area contributed by atoms with Gasteiger partial charge in [0.25, 0.3) is 0 Å². The normalized spacial score (nSPS) is 14.6. The van der Waals surface area contributed by atoms with E-state index in [0.29, 0.717) is 17.0 Å². The van der Waals surface area contributed by atoms with E-state index in [9.17, 15) is 4.39 Å². The second kappa shape index (κ2) is 7.08.